The summed E-state index contributed by atoms with van der Waals surface area (Å²) in [4.78, 5) is 14.6. The smallest absolute Gasteiger partial charge is 0.235 e. The molecule has 4 heteroatoms. The van der Waals surface area contributed by atoms with E-state index in [-0.39, 0.29) is 0 Å². The predicted octanol–water partition coefficient (Wildman–Crippen LogP) is 3.40. The second kappa shape index (κ2) is 4.28. The van der Waals surface area contributed by atoms with Gasteiger partial charge in [-0.15, -0.1) is 0 Å². The summed E-state index contributed by atoms with van der Waals surface area (Å²) in [5, 5.41) is 0. The van der Waals surface area contributed by atoms with E-state index in [4.69, 9.17) is 4.74 Å². The Morgan fingerprint density at radius 3 is 2.59 bits per heavy atom. The molecule has 0 aromatic heterocycles. The number of halogens is 1. The molecule has 0 atom stereocenters. The van der Waals surface area contributed by atoms with Crippen LogP contribution >= 0.6 is 15.9 Å². The van der Waals surface area contributed by atoms with Crippen molar-refractivity contribution in [1.29, 1.82) is 0 Å². The van der Waals surface area contributed by atoms with Gasteiger partial charge in [0.15, 0.2) is 0 Å². The topological polar surface area (TPSA) is 38.7 Å². The highest BCUT2D eigenvalue weighted by molar-refractivity contribution is 9.10. The number of carbonyl (C=O) groups excluding carboxylic acids is 1. The van der Waals surface area contributed by atoms with E-state index in [9.17, 15) is 4.79 Å². The van der Waals surface area contributed by atoms with Crippen LogP contribution in [0.4, 0.5) is 0 Å². The Labute approximate surface area is 109 Å². The summed E-state index contributed by atoms with van der Waals surface area (Å²) >= 11 is 3.54. The minimum Gasteiger partial charge on any atom is -0.496 e. The summed E-state index contributed by atoms with van der Waals surface area (Å²) < 4.78 is 6.50. The molecule has 0 heterocycles. The number of aliphatic imine (C=N–C) groups is 1. The quantitative estimate of drug-likeness (QED) is 0.633. The van der Waals surface area contributed by atoms with Crippen molar-refractivity contribution in [3.8, 4) is 5.75 Å². The molecule has 0 radical (unpaired) electrons. The van der Waals surface area contributed by atoms with Crippen molar-refractivity contribution in [1.82, 2.24) is 0 Å². The Kier molecular flexibility index (Phi) is 3.11. The summed E-state index contributed by atoms with van der Waals surface area (Å²) in [7, 11) is 1.65. The highest BCUT2D eigenvalue weighted by Gasteiger charge is 2.48. The van der Waals surface area contributed by atoms with Crippen LogP contribution in [0.3, 0.4) is 0 Å². The summed E-state index contributed by atoms with van der Waals surface area (Å²) in [6.07, 6.45) is 3.46. The van der Waals surface area contributed by atoms with Gasteiger partial charge in [-0.2, -0.15) is 4.99 Å². The lowest BCUT2D eigenvalue weighted by molar-refractivity contribution is 0.400. The maximum atomic E-state index is 10.6. The monoisotopic (exact) mass is 295 g/mol. The fourth-order valence-corrected chi connectivity index (χ4v) is 2.84. The molecule has 0 amide bonds. The molecule has 0 unspecified atom stereocenters. The summed E-state index contributed by atoms with van der Waals surface area (Å²) in [6, 6.07) is 2.03. The molecule has 0 aliphatic heterocycles. The van der Waals surface area contributed by atoms with Gasteiger partial charge in [0.1, 0.15) is 11.3 Å². The van der Waals surface area contributed by atoms with E-state index in [0.717, 1.165) is 39.8 Å². The van der Waals surface area contributed by atoms with E-state index in [0.29, 0.717) is 0 Å². The predicted molar refractivity (Wildman–Crippen MR) is 69.2 cm³/mol. The molecule has 1 aromatic carbocycles. The molecule has 1 aromatic rings. The number of hydrogen-bond donors (Lipinski definition) is 0. The highest BCUT2D eigenvalue weighted by Crippen LogP contribution is 2.55. The molecular formula is C13H14BrNO2. The summed E-state index contributed by atoms with van der Waals surface area (Å²) in [5.74, 6) is 0.835. The third-order valence-electron chi connectivity index (χ3n) is 3.31. The molecule has 17 heavy (non-hydrogen) atoms. The van der Waals surface area contributed by atoms with Crippen molar-refractivity contribution < 1.29 is 9.53 Å². The van der Waals surface area contributed by atoms with Crippen molar-refractivity contribution in [3.05, 3.63) is 27.2 Å². The molecule has 1 aliphatic rings. The average molecular weight is 296 g/mol. The second-order valence-corrected chi connectivity index (χ2v) is 5.30. The van der Waals surface area contributed by atoms with Crippen LogP contribution in [0.1, 0.15) is 29.5 Å². The van der Waals surface area contributed by atoms with Gasteiger partial charge in [-0.25, -0.2) is 4.79 Å². The molecule has 1 saturated carbocycles. The van der Waals surface area contributed by atoms with Gasteiger partial charge in [0, 0.05) is 10.0 Å². The van der Waals surface area contributed by atoms with E-state index in [1.165, 1.54) is 0 Å². The third kappa shape index (κ3) is 1.92. The number of benzene rings is 1. The maximum absolute atomic E-state index is 10.6. The van der Waals surface area contributed by atoms with Crippen LogP contribution < -0.4 is 4.74 Å². The number of isocyanates is 1. The normalized spacial score (nSPS) is 16.2. The minimum absolute atomic E-state index is 0.397. The van der Waals surface area contributed by atoms with Gasteiger partial charge in [-0.1, -0.05) is 15.9 Å². The fourth-order valence-electron chi connectivity index (χ4n) is 2.30. The number of aryl methyl sites for hydroxylation is 1. The number of rotatable bonds is 3. The number of nitrogens with zero attached hydrogens (tertiary/aromatic N) is 1. The third-order valence-corrected chi connectivity index (χ3v) is 4.14. The fraction of sp³-hybridized carbons (Fsp3) is 0.462. The van der Waals surface area contributed by atoms with Gasteiger partial charge in [0.05, 0.1) is 7.11 Å². The summed E-state index contributed by atoms with van der Waals surface area (Å²) in [5.41, 5.74) is 2.76. The van der Waals surface area contributed by atoms with Crippen molar-refractivity contribution in [2.45, 2.75) is 32.2 Å². The maximum Gasteiger partial charge on any atom is 0.235 e. The van der Waals surface area contributed by atoms with Gasteiger partial charge in [0.25, 0.3) is 0 Å². The van der Waals surface area contributed by atoms with Crippen LogP contribution in [0.2, 0.25) is 0 Å². The first-order valence-electron chi connectivity index (χ1n) is 5.49. The van der Waals surface area contributed by atoms with E-state index in [1.54, 1.807) is 13.2 Å². The van der Waals surface area contributed by atoms with E-state index < -0.39 is 5.54 Å². The number of hydrogen-bond acceptors (Lipinski definition) is 3. The lowest BCUT2D eigenvalue weighted by Crippen LogP contribution is -2.09. The van der Waals surface area contributed by atoms with Crippen LogP contribution in [-0.4, -0.2) is 13.2 Å². The van der Waals surface area contributed by atoms with Crippen LogP contribution in [0.5, 0.6) is 5.75 Å². The zero-order chi connectivity index (χ0) is 12.6. The van der Waals surface area contributed by atoms with Crippen molar-refractivity contribution in [2.24, 2.45) is 4.99 Å². The Morgan fingerprint density at radius 2 is 2.12 bits per heavy atom. The van der Waals surface area contributed by atoms with Crippen LogP contribution in [0.25, 0.3) is 0 Å². The molecule has 0 saturated heterocycles. The van der Waals surface area contributed by atoms with Gasteiger partial charge in [0.2, 0.25) is 6.08 Å². The Balaban J connectivity index is 2.71. The molecule has 1 fully saturated rings. The molecular weight excluding hydrogens is 282 g/mol. The summed E-state index contributed by atoms with van der Waals surface area (Å²) in [6.45, 7) is 4.01. The van der Waals surface area contributed by atoms with Crippen LogP contribution in [-0.2, 0) is 10.3 Å². The van der Waals surface area contributed by atoms with Gasteiger partial charge in [-0.05, 0) is 43.9 Å². The zero-order valence-electron chi connectivity index (χ0n) is 10.1. The van der Waals surface area contributed by atoms with Crippen molar-refractivity contribution >= 4 is 22.0 Å². The number of methoxy groups -OCH3 is 1. The zero-order valence-corrected chi connectivity index (χ0v) is 11.7. The van der Waals surface area contributed by atoms with E-state index in [2.05, 4.69) is 20.9 Å². The van der Waals surface area contributed by atoms with Crippen LogP contribution in [0.15, 0.2) is 15.5 Å². The average Bonchev–Trinajstić information content (AvgIpc) is 3.04. The lowest BCUT2D eigenvalue weighted by Gasteiger charge is -2.19. The molecule has 1 aliphatic carbocycles. The van der Waals surface area contributed by atoms with Gasteiger partial charge < -0.3 is 4.74 Å². The van der Waals surface area contributed by atoms with E-state index >= 15 is 0 Å². The van der Waals surface area contributed by atoms with Gasteiger partial charge in [-0.3, -0.25) is 0 Å². The van der Waals surface area contributed by atoms with Crippen LogP contribution in [0, 0.1) is 13.8 Å². The van der Waals surface area contributed by atoms with Crippen molar-refractivity contribution in [2.75, 3.05) is 7.11 Å². The molecule has 90 valence electrons. The number of ether oxygens (including phenoxy) is 1. The molecule has 0 N–H and O–H groups in total. The SMILES string of the molecule is COc1c(C)cc(Br)c(C)c1C1(N=C=O)CC1. The second-order valence-electron chi connectivity index (χ2n) is 4.44. The Hall–Kier alpha value is -1.12. The Morgan fingerprint density at radius 1 is 1.47 bits per heavy atom. The molecule has 0 bridgehead atoms. The van der Waals surface area contributed by atoms with E-state index in [1.807, 2.05) is 19.9 Å². The van der Waals surface area contributed by atoms with Gasteiger partial charge >= 0.3 is 0 Å². The van der Waals surface area contributed by atoms with Crippen molar-refractivity contribution in [3.63, 3.8) is 0 Å². The first-order chi connectivity index (χ1) is 8.05. The first-order valence-corrected chi connectivity index (χ1v) is 6.28. The lowest BCUT2D eigenvalue weighted by atomic mass is 9.95. The highest BCUT2D eigenvalue weighted by atomic mass is 79.9. The first kappa shape index (κ1) is 12.3. The standard InChI is InChI=1S/C13H14BrNO2/c1-8-6-10(14)9(2)11(12(8)17-3)13(4-5-13)15-7-16/h6H,4-5H2,1-3H3. The largest absolute Gasteiger partial charge is 0.496 e. The molecule has 3 nitrogen and oxygen atoms in total. The molecule has 0 spiro atoms. The minimum atomic E-state index is -0.397. The molecule has 2 rings (SSSR count). The Bertz CT molecular complexity index is 515.